The van der Waals surface area contributed by atoms with E-state index in [9.17, 15) is 0 Å². The highest BCUT2D eigenvalue weighted by molar-refractivity contribution is 5.65. The minimum absolute atomic E-state index is 0. The summed E-state index contributed by atoms with van der Waals surface area (Å²) in [6.07, 6.45) is 13.9. The number of nitrogens with zero attached hydrogens (tertiary/aromatic N) is 6. The van der Waals surface area contributed by atoms with Crippen molar-refractivity contribution < 1.29 is 28.4 Å². The lowest BCUT2D eigenvalue weighted by molar-refractivity contribution is 0.0829. The Morgan fingerprint density at radius 2 is 1.00 bits per heavy atom. The van der Waals surface area contributed by atoms with Crippen molar-refractivity contribution in [3.63, 3.8) is 0 Å². The van der Waals surface area contributed by atoms with Crippen LogP contribution in [0.1, 0.15) is 61.8 Å². The molecule has 12 bridgehead atoms. The monoisotopic (exact) mass is 975 g/mol. The Labute approximate surface area is 425 Å². The van der Waals surface area contributed by atoms with Crippen molar-refractivity contribution in [2.75, 3.05) is 89.5 Å². The molecule has 72 heavy (non-hydrogen) atoms. The fourth-order valence-corrected chi connectivity index (χ4v) is 9.45. The number of rotatable bonds is 8. The minimum atomic E-state index is 0. The van der Waals surface area contributed by atoms with Gasteiger partial charge >= 0.3 is 0 Å². The molecule has 4 aromatic carbocycles. The summed E-state index contributed by atoms with van der Waals surface area (Å²) in [5.41, 5.74) is 9.93. The third-order valence-electron chi connectivity index (χ3n) is 13.5. The van der Waals surface area contributed by atoms with Crippen LogP contribution in [0.2, 0.25) is 0 Å². The zero-order valence-corrected chi connectivity index (χ0v) is 40.7. The molecule has 2 unspecified atom stereocenters. The van der Waals surface area contributed by atoms with E-state index < -0.39 is 0 Å². The number of ether oxygens (including phenoxy) is 6. The summed E-state index contributed by atoms with van der Waals surface area (Å²) in [5, 5.41) is 6.72. The van der Waals surface area contributed by atoms with Crippen molar-refractivity contribution in [3.8, 4) is 34.0 Å². The molecule has 14 heteroatoms. The molecule has 2 aromatic heterocycles. The second-order valence-corrected chi connectivity index (χ2v) is 18.9. The number of nitrogens with one attached hydrogen (secondary N) is 2. The number of benzene rings is 4. The molecule has 2 N–H and O–H groups in total. The molecule has 2 saturated heterocycles. The van der Waals surface area contributed by atoms with Crippen LogP contribution >= 0.6 is 0 Å². The van der Waals surface area contributed by atoms with Crippen LogP contribution in [0.5, 0.6) is 11.5 Å². The zero-order valence-electron chi connectivity index (χ0n) is 40.7. The van der Waals surface area contributed by atoms with E-state index in [-0.39, 0.29) is 7.43 Å². The Balaban J connectivity index is 0.000000175. The summed E-state index contributed by atoms with van der Waals surface area (Å²) < 4.78 is 36.3. The Hall–Kier alpha value is -6.26. The molecule has 14 nitrogen and oxygen atoms in total. The maximum Gasteiger partial charge on any atom is 0.227 e. The standard InChI is InChI=1S/C29H34N4O3.C28H32N4O3.CH4/c1-2-11-33(10-1)12-13-36-28-7-6-26-16-25(28)20-35-19-24-15-23(24)18-34-17-21-4-3-5-22(14-21)27-8-9-30-29(31-26)32-27;1-2-13-32(12-1)14-17-35-27-9-8-25-19-24(27)21-34-16-4-3-15-33-20-22-6-5-7-23(18-22)26-10-11-29-28(30-25)31-26;/h3-9,14,16,23-24H,1-2,10-13,15,17-20H2,(H,30,31,32);3-11,18-19H,1-2,12-17,20-21H2,(H,29,30,31);1H4/b;4-3+;. The van der Waals surface area contributed by atoms with E-state index in [0.717, 1.165) is 93.9 Å². The SMILES string of the molecule is C.C1=C/COCc2cc(ccc2OCCN2CCCC2)Nc2nccc(n2)-c2cccc(c2)COC/1.c1cc2cc(c1)-c1ccnc(n1)Nc1ccc(OCCN3CCCC3)c(c1)COCC1CC1COC2. The molecule has 3 fully saturated rings. The number of hydrogen-bond donors (Lipinski definition) is 2. The van der Waals surface area contributed by atoms with Crippen molar-refractivity contribution in [2.45, 2.75) is 66.0 Å². The number of fused-ring (bicyclic) bond motifs is 15. The van der Waals surface area contributed by atoms with Gasteiger partial charge < -0.3 is 39.1 Å². The van der Waals surface area contributed by atoms with E-state index in [2.05, 4.69) is 85.0 Å². The molecule has 378 valence electrons. The summed E-state index contributed by atoms with van der Waals surface area (Å²) >= 11 is 0. The van der Waals surface area contributed by atoms with E-state index in [4.69, 9.17) is 38.4 Å². The maximum absolute atomic E-state index is 6.22. The molecule has 2 atom stereocenters. The van der Waals surface area contributed by atoms with Crippen molar-refractivity contribution >= 4 is 23.3 Å². The van der Waals surface area contributed by atoms with Crippen molar-refractivity contribution in [1.82, 2.24) is 29.7 Å². The first-order valence-corrected chi connectivity index (χ1v) is 25.4. The lowest BCUT2D eigenvalue weighted by Crippen LogP contribution is -2.25. The Morgan fingerprint density at radius 3 is 1.53 bits per heavy atom. The molecule has 1 aliphatic carbocycles. The molecule has 11 rings (SSSR count). The molecule has 4 aliphatic heterocycles. The minimum Gasteiger partial charge on any atom is -0.492 e. The summed E-state index contributed by atoms with van der Waals surface area (Å²) in [7, 11) is 0. The Morgan fingerprint density at radius 1 is 0.528 bits per heavy atom. The predicted octanol–water partition coefficient (Wildman–Crippen LogP) is 10.6. The average molecular weight is 975 g/mol. The van der Waals surface area contributed by atoms with Gasteiger partial charge in [-0.1, -0.05) is 56.0 Å². The van der Waals surface area contributed by atoms with Gasteiger partial charge in [-0.25, -0.2) is 19.9 Å². The quantitative estimate of drug-likeness (QED) is 0.140. The van der Waals surface area contributed by atoms with E-state index in [1.807, 2.05) is 54.6 Å². The largest absolute Gasteiger partial charge is 0.492 e. The first kappa shape index (κ1) is 50.7. The first-order chi connectivity index (χ1) is 35.1. The molecule has 0 amide bonds. The molecule has 1 saturated carbocycles. The van der Waals surface area contributed by atoms with Gasteiger partial charge in [0, 0.05) is 59.1 Å². The third kappa shape index (κ3) is 14.7. The molecule has 0 spiro atoms. The Kier molecular flexibility index (Phi) is 18.2. The summed E-state index contributed by atoms with van der Waals surface area (Å²) in [5.74, 6) is 4.00. The summed E-state index contributed by atoms with van der Waals surface area (Å²) in [6.45, 7) is 12.6. The van der Waals surface area contributed by atoms with Crippen LogP contribution in [0, 0.1) is 11.8 Å². The lowest BCUT2D eigenvalue weighted by atomic mass is 10.1. The molecular formula is C58H70N8O6. The van der Waals surface area contributed by atoms with Crippen LogP contribution in [0.15, 0.2) is 122 Å². The highest BCUT2D eigenvalue weighted by Crippen LogP contribution is 2.39. The average Bonchev–Trinajstić information content (AvgIpc) is 3.68. The molecule has 5 aliphatic rings. The zero-order chi connectivity index (χ0) is 47.9. The fraction of sp³-hybridized carbons (Fsp3) is 0.414. The van der Waals surface area contributed by atoms with E-state index in [0.29, 0.717) is 76.6 Å². The van der Waals surface area contributed by atoms with Gasteiger partial charge in [0.25, 0.3) is 0 Å². The van der Waals surface area contributed by atoms with E-state index in [1.165, 1.54) is 58.3 Å². The van der Waals surface area contributed by atoms with Crippen LogP contribution in [0.3, 0.4) is 0 Å². The highest BCUT2D eigenvalue weighted by atomic mass is 16.5. The lowest BCUT2D eigenvalue weighted by Gasteiger charge is -2.18. The predicted molar refractivity (Wildman–Crippen MR) is 283 cm³/mol. The Bertz CT molecular complexity index is 2690. The number of hydrogen-bond acceptors (Lipinski definition) is 14. The smallest absolute Gasteiger partial charge is 0.227 e. The normalized spacial score (nSPS) is 19.7. The van der Waals surface area contributed by atoms with Crippen molar-refractivity contribution in [2.24, 2.45) is 11.8 Å². The third-order valence-corrected chi connectivity index (χ3v) is 13.5. The van der Waals surface area contributed by atoms with Gasteiger partial charge in [-0.15, -0.1) is 0 Å². The second kappa shape index (κ2) is 25.9. The van der Waals surface area contributed by atoms with E-state index in [1.54, 1.807) is 12.4 Å². The molecule has 0 radical (unpaired) electrons. The first-order valence-electron chi connectivity index (χ1n) is 25.4. The summed E-state index contributed by atoms with van der Waals surface area (Å²) in [4.78, 5) is 23.3. The molecule has 6 aromatic rings. The van der Waals surface area contributed by atoms with Crippen LogP contribution < -0.4 is 20.1 Å². The van der Waals surface area contributed by atoms with Gasteiger partial charge in [-0.2, -0.15) is 0 Å². The summed E-state index contributed by atoms with van der Waals surface area (Å²) in [6, 6.07) is 32.7. The van der Waals surface area contributed by atoms with Gasteiger partial charge in [0.2, 0.25) is 11.9 Å². The molecular weight excluding hydrogens is 905 g/mol. The van der Waals surface area contributed by atoms with E-state index >= 15 is 0 Å². The van der Waals surface area contributed by atoms with Crippen molar-refractivity contribution in [3.05, 3.63) is 144 Å². The van der Waals surface area contributed by atoms with Gasteiger partial charge in [-0.05, 0) is 142 Å². The fourth-order valence-electron chi connectivity index (χ4n) is 9.45. The van der Waals surface area contributed by atoms with Crippen LogP contribution in [0.25, 0.3) is 22.5 Å². The maximum atomic E-state index is 6.22. The van der Waals surface area contributed by atoms with Gasteiger partial charge in [0.05, 0.1) is 64.2 Å². The number of anilines is 4. The van der Waals surface area contributed by atoms with Crippen molar-refractivity contribution in [1.29, 1.82) is 0 Å². The van der Waals surface area contributed by atoms with Gasteiger partial charge in [0.15, 0.2) is 0 Å². The van der Waals surface area contributed by atoms with Crippen LogP contribution in [-0.4, -0.2) is 109 Å². The molecule has 6 heterocycles. The topological polar surface area (TPSA) is 137 Å². The second-order valence-electron chi connectivity index (χ2n) is 18.9. The highest BCUT2D eigenvalue weighted by Gasteiger charge is 2.37. The van der Waals surface area contributed by atoms with Crippen LogP contribution in [0.4, 0.5) is 23.3 Å². The number of likely N-dealkylation sites (tertiary alicyclic amines) is 2. The van der Waals surface area contributed by atoms with Crippen LogP contribution in [-0.2, 0) is 45.4 Å². The van der Waals surface area contributed by atoms with Gasteiger partial charge in [-0.3, -0.25) is 9.80 Å². The van der Waals surface area contributed by atoms with Gasteiger partial charge in [0.1, 0.15) is 24.7 Å². The number of aromatic nitrogens is 4.